The molecule has 0 amide bonds. The van der Waals surface area contributed by atoms with Gasteiger partial charge in [0.05, 0.1) is 33.6 Å². The van der Waals surface area contributed by atoms with Crippen LogP contribution in [0.4, 0.5) is 0 Å². The Hall–Kier alpha value is -15.1. The van der Waals surface area contributed by atoms with Crippen LogP contribution >= 0.6 is 0 Å². The van der Waals surface area contributed by atoms with Gasteiger partial charge in [-0.05, 0) is 136 Å². The van der Waals surface area contributed by atoms with Gasteiger partial charge in [0.25, 0.3) is 0 Å². The summed E-state index contributed by atoms with van der Waals surface area (Å²) in [6.07, 6.45) is 0. The lowest BCUT2D eigenvalue weighted by atomic mass is 9.97. The van der Waals surface area contributed by atoms with Crippen molar-refractivity contribution in [2.75, 3.05) is 0 Å². The van der Waals surface area contributed by atoms with Gasteiger partial charge in [-0.3, -0.25) is 0 Å². The molecule has 0 N–H and O–H groups in total. The zero-order chi connectivity index (χ0) is 73.6. The molecule has 0 spiro atoms. The van der Waals surface area contributed by atoms with E-state index in [1.807, 2.05) is 158 Å². The first kappa shape index (κ1) is 65.5. The molecule has 520 valence electrons. The number of fused-ring (bicyclic) bond motifs is 12. The summed E-state index contributed by atoms with van der Waals surface area (Å²) in [7, 11) is 0. The summed E-state index contributed by atoms with van der Waals surface area (Å²) >= 11 is 0. The number of hydrogen-bond acceptors (Lipinski definition) is 9. The highest BCUT2D eigenvalue weighted by Gasteiger charge is 2.19. The standard InChI is InChI=1S/C38H24N2O.2C32H20N2O/c1-3-9-27(10-4-1)37-33-24-29(19-21-34(33)39-38(40-37)28-11-5-2-6-12-28)25-15-17-26(18-16-25)30-20-22-36-32(23-30)31-13-7-8-14-35(31)41-36;1-3-9-21(10-4-1)31-26-17-15-24(20-28(26)33-32(34-31)22-11-5-2-6-12-22)23-16-18-30-27(19-23)25-13-7-8-14-29(25)35-30;1-3-9-21(10-4-1)31-27-19-23(16-18-28(27)33-32(34-31)22-11-5-2-6-12-22)24-15-17-26-25-13-7-8-14-29(25)35-30(26)20-24/h1-24H;2*1-20H. The number of aromatic nitrogens is 6. The van der Waals surface area contributed by atoms with Crippen LogP contribution in [-0.4, -0.2) is 29.9 Å². The summed E-state index contributed by atoms with van der Waals surface area (Å²) in [6.45, 7) is 0. The second-order valence-corrected chi connectivity index (χ2v) is 27.6. The lowest BCUT2D eigenvalue weighted by Gasteiger charge is -2.11. The molecule has 0 unspecified atom stereocenters. The van der Waals surface area contributed by atoms with Gasteiger partial charge in [0, 0.05) is 81.9 Å². The molecule has 0 saturated carbocycles. The van der Waals surface area contributed by atoms with Crippen molar-refractivity contribution in [3.63, 3.8) is 0 Å². The molecule has 22 aromatic rings. The summed E-state index contributed by atoms with van der Waals surface area (Å²) in [4.78, 5) is 29.9. The fourth-order valence-corrected chi connectivity index (χ4v) is 15.1. The highest BCUT2D eigenvalue weighted by molar-refractivity contribution is 6.09. The summed E-state index contributed by atoms with van der Waals surface area (Å²) in [5, 5.41) is 9.90. The normalized spacial score (nSPS) is 11.4. The minimum absolute atomic E-state index is 0.727. The average molecular weight is 1420 g/mol. The highest BCUT2D eigenvalue weighted by Crippen LogP contribution is 2.41. The number of rotatable bonds is 10. The van der Waals surface area contributed by atoms with Crippen LogP contribution in [0.25, 0.3) is 211 Å². The number of hydrogen-bond donors (Lipinski definition) is 0. The highest BCUT2D eigenvalue weighted by atomic mass is 16.3. The molecule has 0 aliphatic heterocycles. The first-order chi connectivity index (χ1) is 55.0. The second kappa shape index (κ2) is 28.3. The summed E-state index contributed by atoms with van der Waals surface area (Å²) in [5.74, 6) is 2.19. The minimum atomic E-state index is 0.727. The molecular weight excluding hydrogens is 1360 g/mol. The lowest BCUT2D eigenvalue weighted by Crippen LogP contribution is -1.95. The zero-order valence-corrected chi connectivity index (χ0v) is 59.9. The Morgan fingerprint density at radius 3 is 0.811 bits per heavy atom. The summed E-state index contributed by atoms with van der Waals surface area (Å²) in [5.41, 5.74) is 26.3. The Morgan fingerprint density at radius 1 is 0.135 bits per heavy atom. The maximum Gasteiger partial charge on any atom is 0.160 e. The topological polar surface area (TPSA) is 117 Å². The van der Waals surface area contributed by atoms with Crippen LogP contribution in [0.3, 0.4) is 0 Å². The molecule has 0 aliphatic rings. The fraction of sp³-hybridized carbons (Fsp3) is 0. The largest absolute Gasteiger partial charge is 0.456 e. The molecule has 9 heteroatoms. The summed E-state index contributed by atoms with van der Waals surface area (Å²) in [6, 6.07) is 133. The molecule has 22 rings (SSSR count). The van der Waals surface area contributed by atoms with Gasteiger partial charge >= 0.3 is 0 Å². The molecule has 9 nitrogen and oxygen atoms in total. The molecule has 0 aliphatic carbocycles. The number of furan rings is 3. The third-order valence-electron chi connectivity index (χ3n) is 20.7. The molecule has 0 fully saturated rings. The molecule has 0 saturated heterocycles. The SMILES string of the molecule is c1ccc(-c2nc(-c3ccccc3)c3cc(-c4ccc(-c5ccc6oc7ccccc7c6c5)cc4)ccc3n2)cc1.c1ccc(-c2nc(-c3ccccc3)c3cc(-c4ccc5c(c4)oc4ccccc45)ccc3n2)cc1.c1ccc(-c2nc(-c3ccccc3)c3ccc(-c4ccc5oc6ccccc6c5c4)cc3n2)cc1. The average Bonchev–Trinajstić information content (AvgIpc) is 1.71. The Balaban J connectivity index is 0.000000109. The van der Waals surface area contributed by atoms with Crippen molar-refractivity contribution in [2.24, 2.45) is 0 Å². The Morgan fingerprint density at radius 2 is 0.396 bits per heavy atom. The minimum Gasteiger partial charge on any atom is -0.456 e. The van der Waals surface area contributed by atoms with Crippen LogP contribution in [0.15, 0.2) is 401 Å². The van der Waals surface area contributed by atoms with Crippen molar-refractivity contribution in [3.8, 4) is 112 Å². The van der Waals surface area contributed by atoms with Crippen molar-refractivity contribution in [3.05, 3.63) is 388 Å². The van der Waals surface area contributed by atoms with Crippen LogP contribution in [0.1, 0.15) is 0 Å². The van der Waals surface area contributed by atoms with Gasteiger partial charge in [0.15, 0.2) is 17.5 Å². The Labute approximate surface area is 638 Å². The van der Waals surface area contributed by atoms with E-state index in [0.29, 0.717) is 0 Å². The Bertz CT molecular complexity index is 7230. The van der Waals surface area contributed by atoms with Crippen molar-refractivity contribution in [2.45, 2.75) is 0 Å². The maximum atomic E-state index is 6.14. The van der Waals surface area contributed by atoms with E-state index in [1.165, 1.54) is 11.1 Å². The van der Waals surface area contributed by atoms with Gasteiger partial charge in [0.1, 0.15) is 33.5 Å². The van der Waals surface area contributed by atoms with Gasteiger partial charge in [-0.25, -0.2) is 29.9 Å². The summed E-state index contributed by atoms with van der Waals surface area (Å²) < 4.78 is 18.2. The van der Waals surface area contributed by atoms with Gasteiger partial charge in [0.2, 0.25) is 0 Å². The van der Waals surface area contributed by atoms with Gasteiger partial charge < -0.3 is 13.3 Å². The van der Waals surface area contributed by atoms with Crippen LogP contribution in [0.2, 0.25) is 0 Å². The molecule has 0 atom stereocenters. The second-order valence-electron chi connectivity index (χ2n) is 27.6. The van der Waals surface area contributed by atoms with Crippen LogP contribution < -0.4 is 0 Å². The Kier molecular flexibility index (Phi) is 16.7. The molecule has 111 heavy (non-hydrogen) atoms. The van der Waals surface area contributed by atoms with E-state index in [4.69, 9.17) is 43.2 Å². The van der Waals surface area contributed by atoms with E-state index in [9.17, 15) is 0 Å². The van der Waals surface area contributed by atoms with E-state index < -0.39 is 0 Å². The van der Waals surface area contributed by atoms with Crippen molar-refractivity contribution in [1.29, 1.82) is 0 Å². The van der Waals surface area contributed by atoms with Crippen LogP contribution in [-0.2, 0) is 0 Å². The van der Waals surface area contributed by atoms with Crippen molar-refractivity contribution >= 4 is 98.5 Å². The van der Waals surface area contributed by atoms with Gasteiger partial charge in [-0.2, -0.15) is 0 Å². The quantitative estimate of drug-likeness (QED) is 0.132. The van der Waals surface area contributed by atoms with E-state index in [-0.39, 0.29) is 0 Å². The molecule has 16 aromatic carbocycles. The fourth-order valence-electron chi connectivity index (χ4n) is 15.1. The molecule has 0 radical (unpaired) electrons. The lowest BCUT2D eigenvalue weighted by molar-refractivity contribution is 0.668. The van der Waals surface area contributed by atoms with E-state index in [0.717, 1.165) is 200 Å². The monoisotopic (exact) mass is 1420 g/mol. The number of nitrogens with zero attached hydrogens (tertiary/aromatic N) is 6. The number of benzene rings is 16. The predicted octanol–water partition coefficient (Wildman–Crippen LogP) is 27.3. The molecule has 6 aromatic heterocycles. The van der Waals surface area contributed by atoms with Gasteiger partial charge in [-0.15, -0.1) is 0 Å². The molecule has 0 bridgehead atoms. The zero-order valence-electron chi connectivity index (χ0n) is 59.9. The predicted molar refractivity (Wildman–Crippen MR) is 455 cm³/mol. The molecule has 6 heterocycles. The van der Waals surface area contributed by atoms with Gasteiger partial charge in [-0.1, -0.05) is 297 Å². The third-order valence-corrected chi connectivity index (χ3v) is 20.7. The maximum absolute atomic E-state index is 6.14. The van der Waals surface area contributed by atoms with E-state index in [1.54, 1.807) is 0 Å². The van der Waals surface area contributed by atoms with E-state index >= 15 is 0 Å². The van der Waals surface area contributed by atoms with Crippen molar-refractivity contribution < 1.29 is 13.3 Å². The first-order valence-electron chi connectivity index (χ1n) is 37.1. The van der Waals surface area contributed by atoms with E-state index in [2.05, 4.69) is 231 Å². The smallest absolute Gasteiger partial charge is 0.160 e. The van der Waals surface area contributed by atoms with Crippen molar-refractivity contribution in [1.82, 2.24) is 29.9 Å². The number of para-hydroxylation sites is 3. The van der Waals surface area contributed by atoms with Crippen LogP contribution in [0.5, 0.6) is 0 Å². The third kappa shape index (κ3) is 12.7. The molecular formula is C102H64N6O3. The first-order valence-corrected chi connectivity index (χ1v) is 37.1. The van der Waals surface area contributed by atoms with Crippen LogP contribution in [0, 0.1) is 0 Å².